The summed E-state index contributed by atoms with van der Waals surface area (Å²) in [5.74, 6) is 0.172. The Morgan fingerprint density at radius 3 is 2.67 bits per heavy atom. The third-order valence-corrected chi connectivity index (χ3v) is 3.04. The van der Waals surface area contributed by atoms with Crippen LogP contribution in [0.15, 0.2) is 18.2 Å². The van der Waals surface area contributed by atoms with Crippen LogP contribution >= 0.6 is 0 Å². The molecule has 2 nitrogen and oxygen atoms in total. The summed E-state index contributed by atoms with van der Waals surface area (Å²) in [4.78, 5) is 11.7. The maximum Gasteiger partial charge on any atom is 0.164 e. The Labute approximate surface area is 90.5 Å². The van der Waals surface area contributed by atoms with Crippen molar-refractivity contribution >= 4 is 5.78 Å². The molecule has 2 heteroatoms. The first-order chi connectivity index (χ1) is 7.31. The molecule has 2 rings (SSSR count). The number of aryl methyl sites for hydroxylation is 2. The van der Waals surface area contributed by atoms with Gasteiger partial charge in [0, 0.05) is 12.0 Å². The molecule has 0 aromatic heterocycles. The maximum atomic E-state index is 11.7. The molecule has 0 unspecified atom stereocenters. The van der Waals surface area contributed by atoms with Gasteiger partial charge in [0.15, 0.2) is 5.78 Å². The SMILES string of the molecule is NCCC(=O)c1ccc2c(c1)CCCC2. The Bertz CT molecular complexity index is 371. The fourth-order valence-electron chi connectivity index (χ4n) is 2.18. The van der Waals surface area contributed by atoms with Crippen molar-refractivity contribution in [3.05, 3.63) is 34.9 Å². The van der Waals surface area contributed by atoms with Crippen molar-refractivity contribution in [3.8, 4) is 0 Å². The van der Waals surface area contributed by atoms with E-state index >= 15 is 0 Å². The molecule has 15 heavy (non-hydrogen) atoms. The second-order valence-electron chi connectivity index (χ2n) is 4.15. The molecule has 2 N–H and O–H groups in total. The molecular weight excluding hydrogens is 186 g/mol. The van der Waals surface area contributed by atoms with E-state index in [4.69, 9.17) is 5.73 Å². The molecule has 0 atom stereocenters. The molecule has 1 aromatic carbocycles. The third kappa shape index (κ3) is 2.26. The second-order valence-corrected chi connectivity index (χ2v) is 4.15. The van der Waals surface area contributed by atoms with Crippen molar-refractivity contribution < 1.29 is 4.79 Å². The highest BCUT2D eigenvalue weighted by molar-refractivity contribution is 5.96. The van der Waals surface area contributed by atoms with Crippen molar-refractivity contribution in [3.63, 3.8) is 0 Å². The van der Waals surface area contributed by atoms with Crippen LogP contribution in [0, 0.1) is 0 Å². The van der Waals surface area contributed by atoms with Gasteiger partial charge in [0.2, 0.25) is 0 Å². The third-order valence-electron chi connectivity index (χ3n) is 3.04. The van der Waals surface area contributed by atoms with Crippen LogP contribution in [0.3, 0.4) is 0 Å². The van der Waals surface area contributed by atoms with E-state index in [1.165, 1.54) is 30.4 Å². The number of nitrogens with two attached hydrogens (primary N) is 1. The van der Waals surface area contributed by atoms with Crippen molar-refractivity contribution in [1.82, 2.24) is 0 Å². The van der Waals surface area contributed by atoms with Crippen LogP contribution in [0.2, 0.25) is 0 Å². The highest BCUT2D eigenvalue weighted by atomic mass is 16.1. The highest BCUT2D eigenvalue weighted by Gasteiger charge is 2.12. The molecule has 0 heterocycles. The number of carbonyl (C=O) groups excluding carboxylic acids is 1. The molecule has 1 aliphatic rings. The largest absolute Gasteiger partial charge is 0.330 e. The number of carbonyl (C=O) groups is 1. The standard InChI is InChI=1S/C13H17NO/c14-8-7-13(15)12-6-5-10-3-1-2-4-11(10)9-12/h5-6,9H,1-4,7-8,14H2. The number of hydrogen-bond donors (Lipinski definition) is 1. The first-order valence-electron chi connectivity index (χ1n) is 5.66. The molecule has 0 radical (unpaired) electrons. The minimum absolute atomic E-state index is 0.172. The molecule has 0 fully saturated rings. The van der Waals surface area contributed by atoms with Crippen LogP contribution in [-0.4, -0.2) is 12.3 Å². The van der Waals surface area contributed by atoms with Gasteiger partial charge >= 0.3 is 0 Å². The van der Waals surface area contributed by atoms with E-state index < -0.39 is 0 Å². The van der Waals surface area contributed by atoms with E-state index in [0.717, 1.165) is 12.0 Å². The van der Waals surface area contributed by atoms with Gasteiger partial charge in [0.05, 0.1) is 0 Å². The summed E-state index contributed by atoms with van der Waals surface area (Å²) in [6.07, 6.45) is 5.28. The lowest BCUT2D eigenvalue weighted by molar-refractivity contribution is 0.0985. The van der Waals surface area contributed by atoms with Crippen LogP contribution < -0.4 is 5.73 Å². The van der Waals surface area contributed by atoms with Gasteiger partial charge in [-0.3, -0.25) is 4.79 Å². The molecule has 1 aliphatic carbocycles. The van der Waals surface area contributed by atoms with Gasteiger partial charge in [-0.25, -0.2) is 0 Å². The van der Waals surface area contributed by atoms with Gasteiger partial charge in [0.1, 0.15) is 0 Å². The summed E-state index contributed by atoms with van der Waals surface area (Å²) in [6.45, 7) is 0.440. The molecule has 0 saturated heterocycles. The smallest absolute Gasteiger partial charge is 0.164 e. The minimum Gasteiger partial charge on any atom is -0.330 e. The first-order valence-corrected chi connectivity index (χ1v) is 5.66. The second kappa shape index (κ2) is 4.58. The first kappa shape index (κ1) is 10.4. The maximum absolute atomic E-state index is 11.7. The molecule has 80 valence electrons. The van der Waals surface area contributed by atoms with Gasteiger partial charge in [0.25, 0.3) is 0 Å². The predicted octanol–water partition coefficient (Wildman–Crippen LogP) is 2.10. The molecule has 0 aliphatic heterocycles. The summed E-state index contributed by atoms with van der Waals surface area (Å²) in [5.41, 5.74) is 9.00. The summed E-state index contributed by atoms with van der Waals surface area (Å²) >= 11 is 0. The van der Waals surface area contributed by atoms with Gasteiger partial charge in [-0.05, 0) is 49.4 Å². The van der Waals surface area contributed by atoms with Crippen molar-refractivity contribution in [2.45, 2.75) is 32.1 Å². The van der Waals surface area contributed by atoms with Crippen molar-refractivity contribution in [2.75, 3.05) is 6.54 Å². The molecule has 1 aromatic rings. The van der Waals surface area contributed by atoms with E-state index in [0.29, 0.717) is 13.0 Å². The topological polar surface area (TPSA) is 43.1 Å². The number of Topliss-reactive ketones (excluding diaryl/α,β-unsaturated/α-hetero) is 1. The average molecular weight is 203 g/mol. The molecular formula is C13H17NO. The van der Waals surface area contributed by atoms with Crippen LogP contribution in [-0.2, 0) is 12.8 Å². The molecule has 0 bridgehead atoms. The lowest BCUT2D eigenvalue weighted by Crippen LogP contribution is -2.10. The Morgan fingerprint density at radius 1 is 1.20 bits per heavy atom. The Kier molecular flexibility index (Phi) is 3.17. The summed E-state index contributed by atoms with van der Waals surface area (Å²) in [5, 5.41) is 0. The van der Waals surface area contributed by atoms with Crippen LogP contribution in [0.1, 0.15) is 40.7 Å². The van der Waals surface area contributed by atoms with E-state index in [2.05, 4.69) is 12.1 Å². The highest BCUT2D eigenvalue weighted by Crippen LogP contribution is 2.22. The lowest BCUT2D eigenvalue weighted by Gasteiger charge is -2.16. The number of rotatable bonds is 3. The van der Waals surface area contributed by atoms with E-state index in [9.17, 15) is 4.79 Å². The fourth-order valence-corrected chi connectivity index (χ4v) is 2.18. The fraction of sp³-hybridized carbons (Fsp3) is 0.462. The average Bonchev–Trinajstić information content (AvgIpc) is 2.29. The van der Waals surface area contributed by atoms with Crippen molar-refractivity contribution in [2.24, 2.45) is 5.73 Å². The molecule has 0 saturated carbocycles. The Balaban J connectivity index is 2.24. The number of hydrogen-bond acceptors (Lipinski definition) is 2. The zero-order valence-corrected chi connectivity index (χ0v) is 8.96. The summed E-state index contributed by atoms with van der Waals surface area (Å²) in [6, 6.07) is 6.12. The van der Waals surface area contributed by atoms with E-state index in [-0.39, 0.29) is 5.78 Å². The Morgan fingerprint density at radius 2 is 1.93 bits per heavy atom. The zero-order chi connectivity index (χ0) is 10.7. The van der Waals surface area contributed by atoms with Crippen molar-refractivity contribution in [1.29, 1.82) is 0 Å². The number of fused-ring (bicyclic) bond motifs is 1. The molecule has 0 amide bonds. The van der Waals surface area contributed by atoms with Gasteiger partial charge in [-0.2, -0.15) is 0 Å². The predicted molar refractivity (Wildman–Crippen MR) is 61.1 cm³/mol. The minimum atomic E-state index is 0.172. The normalized spacial score (nSPS) is 14.7. The van der Waals surface area contributed by atoms with Crippen LogP contribution in [0.25, 0.3) is 0 Å². The van der Waals surface area contributed by atoms with Gasteiger partial charge in [-0.1, -0.05) is 12.1 Å². The van der Waals surface area contributed by atoms with E-state index in [1.54, 1.807) is 0 Å². The van der Waals surface area contributed by atoms with E-state index in [1.807, 2.05) is 6.07 Å². The van der Waals surface area contributed by atoms with Crippen LogP contribution in [0.4, 0.5) is 0 Å². The Hall–Kier alpha value is -1.15. The van der Waals surface area contributed by atoms with Gasteiger partial charge < -0.3 is 5.73 Å². The number of ketones is 1. The summed E-state index contributed by atoms with van der Waals surface area (Å²) in [7, 11) is 0. The summed E-state index contributed by atoms with van der Waals surface area (Å²) < 4.78 is 0. The monoisotopic (exact) mass is 203 g/mol. The zero-order valence-electron chi connectivity index (χ0n) is 8.96. The quantitative estimate of drug-likeness (QED) is 0.764. The van der Waals surface area contributed by atoms with Crippen LogP contribution in [0.5, 0.6) is 0 Å². The lowest BCUT2D eigenvalue weighted by atomic mass is 9.89. The van der Waals surface area contributed by atoms with Gasteiger partial charge in [-0.15, -0.1) is 0 Å². The number of benzene rings is 1. The molecule has 0 spiro atoms.